The number of carbonyl (C=O) groups excluding carboxylic acids is 2. The van der Waals surface area contributed by atoms with E-state index in [-0.39, 0.29) is 24.5 Å². The van der Waals surface area contributed by atoms with Crippen LogP contribution in [0.3, 0.4) is 0 Å². The molecule has 0 unspecified atom stereocenters. The van der Waals surface area contributed by atoms with Crippen LogP contribution in [0.4, 0.5) is 0 Å². The molecule has 0 saturated carbocycles. The molecular formula is C11H22N2O4. The van der Waals surface area contributed by atoms with Gasteiger partial charge in [0, 0.05) is 20.0 Å². The molecule has 2 N–H and O–H groups in total. The number of ether oxygens (including phenoxy) is 2. The third kappa shape index (κ3) is 12.8. The lowest BCUT2D eigenvalue weighted by molar-refractivity contribution is -0.127. The van der Waals surface area contributed by atoms with Gasteiger partial charge in [-0.3, -0.25) is 9.59 Å². The van der Waals surface area contributed by atoms with Crippen molar-refractivity contribution in [3.05, 3.63) is 0 Å². The molecule has 0 aliphatic heterocycles. The summed E-state index contributed by atoms with van der Waals surface area (Å²) in [5, 5.41) is 5.27. The molecule has 0 atom stereocenters. The Morgan fingerprint density at radius 1 is 1.12 bits per heavy atom. The molecule has 0 bridgehead atoms. The van der Waals surface area contributed by atoms with Gasteiger partial charge in [-0.1, -0.05) is 0 Å². The van der Waals surface area contributed by atoms with Crippen LogP contribution in [0, 0.1) is 0 Å². The largest absolute Gasteiger partial charge is 0.378 e. The van der Waals surface area contributed by atoms with E-state index in [0.717, 1.165) is 0 Å². The van der Waals surface area contributed by atoms with E-state index in [2.05, 4.69) is 10.6 Å². The summed E-state index contributed by atoms with van der Waals surface area (Å²) in [5.74, 6) is -0.225. The molecule has 0 rings (SSSR count). The fraction of sp³-hybridized carbons (Fsp3) is 0.818. The smallest absolute Gasteiger partial charge is 0.246 e. The Morgan fingerprint density at radius 3 is 2.24 bits per heavy atom. The zero-order valence-electron chi connectivity index (χ0n) is 10.7. The van der Waals surface area contributed by atoms with Crippen LogP contribution in [-0.2, 0) is 19.1 Å². The molecule has 0 spiro atoms. The first-order chi connectivity index (χ1) is 8.02. The fourth-order valence-electron chi connectivity index (χ4n) is 0.957. The average molecular weight is 246 g/mol. The van der Waals surface area contributed by atoms with Crippen molar-refractivity contribution in [2.24, 2.45) is 0 Å². The third-order valence-corrected chi connectivity index (χ3v) is 1.74. The first-order valence-electron chi connectivity index (χ1n) is 5.73. The average Bonchev–Trinajstić information content (AvgIpc) is 2.24. The number of hydrogen-bond acceptors (Lipinski definition) is 4. The number of carbonyl (C=O) groups is 2. The van der Waals surface area contributed by atoms with Crippen molar-refractivity contribution >= 4 is 11.8 Å². The van der Waals surface area contributed by atoms with Crippen LogP contribution in [0.5, 0.6) is 0 Å². The molecule has 6 nitrogen and oxygen atoms in total. The van der Waals surface area contributed by atoms with Crippen LogP contribution >= 0.6 is 0 Å². The van der Waals surface area contributed by atoms with Crippen LogP contribution in [0.2, 0.25) is 0 Å². The highest BCUT2D eigenvalue weighted by molar-refractivity contribution is 5.77. The number of rotatable bonds is 9. The van der Waals surface area contributed by atoms with E-state index < -0.39 is 0 Å². The van der Waals surface area contributed by atoms with Gasteiger partial charge in [0.05, 0.1) is 19.3 Å². The second-order valence-electron chi connectivity index (χ2n) is 3.81. The van der Waals surface area contributed by atoms with Gasteiger partial charge >= 0.3 is 0 Å². The van der Waals surface area contributed by atoms with Crippen LogP contribution in [0.25, 0.3) is 0 Å². The third-order valence-electron chi connectivity index (χ3n) is 1.74. The maximum absolute atomic E-state index is 11.2. The molecule has 0 heterocycles. The molecule has 0 fully saturated rings. The van der Waals surface area contributed by atoms with E-state index in [1.807, 2.05) is 13.8 Å². The van der Waals surface area contributed by atoms with Crippen molar-refractivity contribution in [2.75, 3.05) is 32.9 Å². The SMILES string of the molecule is CC(=O)NCCOCCNC(=O)COC(C)C. The zero-order chi connectivity index (χ0) is 13.1. The molecule has 0 aliphatic rings. The van der Waals surface area contributed by atoms with Crippen LogP contribution in [0.1, 0.15) is 20.8 Å². The summed E-state index contributed by atoms with van der Waals surface area (Å²) >= 11 is 0. The molecule has 6 heteroatoms. The van der Waals surface area contributed by atoms with Gasteiger partial charge < -0.3 is 20.1 Å². The van der Waals surface area contributed by atoms with Crippen molar-refractivity contribution in [1.82, 2.24) is 10.6 Å². The van der Waals surface area contributed by atoms with E-state index in [0.29, 0.717) is 26.3 Å². The lowest BCUT2D eigenvalue weighted by Crippen LogP contribution is -2.32. The molecule has 2 amide bonds. The van der Waals surface area contributed by atoms with Gasteiger partial charge in [0.1, 0.15) is 6.61 Å². The highest BCUT2D eigenvalue weighted by Gasteiger charge is 2.01. The van der Waals surface area contributed by atoms with Crippen LogP contribution in [0.15, 0.2) is 0 Å². The van der Waals surface area contributed by atoms with E-state index in [1.54, 1.807) is 0 Å². The Labute approximate surface area is 102 Å². The highest BCUT2D eigenvalue weighted by Crippen LogP contribution is 1.85. The Morgan fingerprint density at radius 2 is 1.71 bits per heavy atom. The van der Waals surface area contributed by atoms with Crippen LogP contribution in [-0.4, -0.2) is 50.8 Å². The monoisotopic (exact) mass is 246 g/mol. The molecule has 17 heavy (non-hydrogen) atoms. The first kappa shape index (κ1) is 15.9. The van der Waals surface area contributed by atoms with Crippen LogP contribution < -0.4 is 10.6 Å². The quantitative estimate of drug-likeness (QED) is 0.547. The summed E-state index contributed by atoms with van der Waals surface area (Å²) in [6.45, 7) is 7.07. The molecule has 0 saturated heterocycles. The molecule has 0 aliphatic carbocycles. The van der Waals surface area contributed by atoms with E-state index in [9.17, 15) is 9.59 Å². The number of amides is 2. The summed E-state index contributed by atoms with van der Waals surface area (Å²) in [6, 6.07) is 0. The lowest BCUT2D eigenvalue weighted by Gasteiger charge is -2.08. The Bertz CT molecular complexity index is 232. The second-order valence-corrected chi connectivity index (χ2v) is 3.81. The van der Waals surface area contributed by atoms with Gasteiger partial charge in [-0.15, -0.1) is 0 Å². The normalized spacial score (nSPS) is 10.4. The van der Waals surface area contributed by atoms with Crippen molar-refractivity contribution in [3.8, 4) is 0 Å². The van der Waals surface area contributed by atoms with Gasteiger partial charge in [-0.05, 0) is 13.8 Å². The van der Waals surface area contributed by atoms with Gasteiger partial charge in [0.25, 0.3) is 0 Å². The predicted octanol–water partition coefficient (Wildman–Crippen LogP) is -0.320. The second kappa shape index (κ2) is 10.0. The summed E-state index contributed by atoms with van der Waals surface area (Å²) in [5.41, 5.74) is 0. The first-order valence-corrected chi connectivity index (χ1v) is 5.73. The molecule has 0 radical (unpaired) electrons. The van der Waals surface area contributed by atoms with Gasteiger partial charge in [0.2, 0.25) is 11.8 Å². The lowest BCUT2D eigenvalue weighted by atomic mass is 10.5. The van der Waals surface area contributed by atoms with E-state index in [4.69, 9.17) is 9.47 Å². The summed E-state index contributed by atoms with van der Waals surface area (Å²) in [7, 11) is 0. The van der Waals surface area contributed by atoms with E-state index >= 15 is 0 Å². The molecule has 0 aromatic carbocycles. The Hall–Kier alpha value is -1.14. The van der Waals surface area contributed by atoms with E-state index in [1.165, 1.54) is 6.92 Å². The minimum atomic E-state index is -0.149. The van der Waals surface area contributed by atoms with Gasteiger partial charge in [-0.2, -0.15) is 0 Å². The van der Waals surface area contributed by atoms with Crippen molar-refractivity contribution in [3.63, 3.8) is 0 Å². The summed E-state index contributed by atoms with van der Waals surface area (Å²) in [6.07, 6.45) is 0.0506. The van der Waals surface area contributed by atoms with Gasteiger partial charge in [0.15, 0.2) is 0 Å². The zero-order valence-corrected chi connectivity index (χ0v) is 10.7. The van der Waals surface area contributed by atoms with Crippen molar-refractivity contribution < 1.29 is 19.1 Å². The molecular weight excluding hydrogens is 224 g/mol. The number of hydrogen-bond donors (Lipinski definition) is 2. The highest BCUT2D eigenvalue weighted by atomic mass is 16.5. The minimum absolute atomic E-state index is 0.0506. The fourth-order valence-corrected chi connectivity index (χ4v) is 0.957. The minimum Gasteiger partial charge on any atom is -0.378 e. The summed E-state index contributed by atoms with van der Waals surface area (Å²) < 4.78 is 10.3. The molecule has 0 aromatic heterocycles. The standard InChI is InChI=1S/C11H22N2O4/c1-9(2)17-8-11(15)13-5-7-16-6-4-12-10(3)14/h9H,4-8H2,1-3H3,(H,12,14)(H,13,15). The Kier molecular flexibility index (Phi) is 9.37. The summed E-state index contributed by atoms with van der Waals surface area (Å²) in [4.78, 5) is 21.7. The number of nitrogens with one attached hydrogen (secondary N) is 2. The van der Waals surface area contributed by atoms with Crippen molar-refractivity contribution in [2.45, 2.75) is 26.9 Å². The Balaban J connectivity index is 3.22. The molecule has 100 valence electrons. The maximum atomic E-state index is 11.2. The topological polar surface area (TPSA) is 76.7 Å². The maximum Gasteiger partial charge on any atom is 0.246 e. The predicted molar refractivity (Wildman–Crippen MR) is 63.6 cm³/mol. The van der Waals surface area contributed by atoms with Crippen molar-refractivity contribution in [1.29, 1.82) is 0 Å². The molecule has 0 aromatic rings. The van der Waals surface area contributed by atoms with Gasteiger partial charge in [-0.25, -0.2) is 0 Å².